The van der Waals surface area contributed by atoms with Crippen molar-refractivity contribution in [1.82, 2.24) is 15.1 Å². The Morgan fingerprint density at radius 3 is 2.38 bits per heavy atom. The lowest BCUT2D eigenvalue weighted by atomic mass is 9.90. The van der Waals surface area contributed by atoms with E-state index in [9.17, 15) is 4.79 Å². The van der Waals surface area contributed by atoms with Crippen molar-refractivity contribution < 1.29 is 9.53 Å². The predicted molar refractivity (Wildman–Crippen MR) is 142 cm³/mol. The maximum Gasteiger partial charge on any atom is 0.308 e. The van der Waals surface area contributed by atoms with Gasteiger partial charge in [0.25, 0.3) is 0 Å². The van der Waals surface area contributed by atoms with Gasteiger partial charge in [0.15, 0.2) is 5.96 Å². The number of likely N-dealkylation sites (tertiary alicyclic amines) is 2. The molecule has 3 rings (SSSR count). The van der Waals surface area contributed by atoms with E-state index in [1.54, 1.807) is 0 Å². The molecule has 0 radical (unpaired) electrons. The molecule has 1 aromatic carbocycles. The van der Waals surface area contributed by atoms with Gasteiger partial charge in [-0.15, -0.1) is 24.0 Å². The molecule has 0 saturated carbocycles. The van der Waals surface area contributed by atoms with E-state index in [1.807, 2.05) is 7.05 Å². The third-order valence-electron chi connectivity index (χ3n) is 6.80. The molecule has 0 aromatic heterocycles. The summed E-state index contributed by atoms with van der Waals surface area (Å²) in [5.41, 5.74) is 1.48. The summed E-state index contributed by atoms with van der Waals surface area (Å²) in [7, 11) is 3.32. The van der Waals surface area contributed by atoms with Crippen molar-refractivity contribution in [3.05, 3.63) is 35.9 Å². The summed E-state index contributed by atoms with van der Waals surface area (Å²) < 4.78 is 4.88. The minimum absolute atomic E-state index is 0. The van der Waals surface area contributed by atoms with Gasteiger partial charge in [-0.05, 0) is 76.1 Å². The zero-order valence-electron chi connectivity index (χ0n) is 19.8. The quantitative estimate of drug-likeness (QED) is 0.174. The van der Waals surface area contributed by atoms with Crippen LogP contribution in [0.15, 0.2) is 35.3 Å². The van der Waals surface area contributed by atoms with Gasteiger partial charge in [-0.25, -0.2) is 0 Å². The Kier molecular flexibility index (Phi) is 12.4. The molecule has 6 nitrogen and oxygen atoms in total. The van der Waals surface area contributed by atoms with Crippen LogP contribution in [0.3, 0.4) is 0 Å². The number of benzene rings is 1. The molecule has 0 unspecified atom stereocenters. The molecule has 2 fully saturated rings. The lowest BCUT2D eigenvalue weighted by Gasteiger charge is -2.33. The Balaban J connectivity index is 0.00000363. The summed E-state index contributed by atoms with van der Waals surface area (Å²) in [6.07, 6.45) is 7.93. The van der Waals surface area contributed by atoms with E-state index in [1.165, 1.54) is 58.0 Å². The summed E-state index contributed by atoms with van der Waals surface area (Å²) >= 11 is 0. The third kappa shape index (κ3) is 8.54. The van der Waals surface area contributed by atoms with Gasteiger partial charge in [-0.2, -0.15) is 0 Å². The second-order valence-electron chi connectivity index (χ2n) is 8.94. The number of hydrogen-bond donors (Lipinski definition) is 1. The number of ether oxygens (including phenoxy) is 1. The highest BCUT2D eigenvalue weighted by atomic mass is 127. The van der Waals surface area contributed by atoms with Gasteiger partial charge in [-0.3, -0.25) is 9.79 Å². The number of aliphatic imine (C=N–C) groups is 1. The van der Waals surface area contributed by atoms with Crippen molar-refractivity contribution in [3.8, 4) is 0 Å². The highest BCUT2D eigenvalue weighted by Gasteiger charge is 2.26. The second-order valence-corrected chi connectivity index (χ2v) is 8.94. The molecule has 2 saturated heterocycles. The molecule has 2 heterocycles. The fourth-order valence-corrected chi connectivity index (χ4v) is 4.85. The number of carbonyl (C=O) groups excluding carboxylic acids is 1. The molecular weight excluding hydrogens is 515 g/mol. The Hall–Kier alpha value is -1.35. The number of halogens is 1. The zero-order chi connectivity index (χ0) is 21.9. The van der Waals surface area contributed by atoms with E-state index >= 15 is 0 Å². The lowest BCUT2D eigenvalue weighted by Crippen LogP contribution is -2.47. The Morgan fingerprint density at radius 2 is 1.75 bits per heavy atom. The van der Waals surface area contributed by atoms with Crippen LogP contribution in [0, 0.1) is 11.8 Å². The number of methoxy groups -OCH3 is 1. The molecule has 2 aliphatic heterocycles. The molecule has 0 spiro atoms. The van der Waals surface area contributed by atoms with Crippen LogP contribution in [0.4, 0.5) is 0 Å². The summed E-state index contributed by atoms with van der Waals surface area (Å²) in [5.74, 6) is 1.76. The number of rotatable bonds is 8. The topological polar surface area (TPSA) is 57.2 Å². The molecule has 180 valence electrons. The average Bonchev–Trinajstić information content (AvgIpc) is 2.83. The normalized spacial score (nSPS) is 18.8. The Morgan fingerprint density at radius 1 is 1.06 bits per heavy atom. The van der Waals surface area contributed by atoms with Crippen molar-refractivity contribution >= 4 is 35.9 Å². The highest BCUT2D eigenvalue weighted by Crippen LogP contribution is 2.22. The van der Waals surface area contributed by atoms with Crippen LogP contribution in [0.2, 0.25) is 0 Å². The lowest BCUT2D eigenvalue weighted by molar-refractivity contribution is -0.146. The molecule has 2 aliphatic rings. The SMILES string of the molecule is CN=C(NCCCCN1CCC(Cc2ccccc2)CC1)N1CCC(C(=O)OC)CC1.I. The third-order valence-corrected chi connectivity index (χ3v) is 6.80. The maximum absolute atomic E-state index is 11.7. The largest absolute Gasteiger partial charge is 0.469 e. The summed E-state index contributed by atoms with van der Waals surface area (Å²) in [6.45, 7) is 6.34. The van der Waals surface area contributed by atoms with Gasteiger partial charge in [0, 0.05) is 26.7 Å². The zero-order valence-corrected chi connectivity index (χ0v) is 22.1. The van der Waals surface area contributed by atoms with Crippen LogP contribution in [0.5, 0.6) is 0 Å². The van der Waals surface area contributed by atoms with Crippen LogP contribution >= 0.6 is 24.0 Å². The number of esters is 1. The van der Waals surface area contributed by atoms with Crippen LogP contribution in [0.25, 0.3) is 0 Å². The number of guanidine groups is 1. The Bertz CT molecular complexity index is 684. The smallest absolute Gasteiger partial charge is 0.308 e. The molecule has 7 heteroatoms. The fraction of sp³-hybridized carbons (Fsp3) is 0.680. The van der Waals surface area contributed by atoms with Gasteiger partial charge < -0.3 is 19.9 Å². The van der Waals surface area contributed by atoms with Gasteiger partial charge in [0.2, 0.25) is 0 Å². The first-order valence-electron chi connectivity index (χ1n) is 12.0. The summed E-state index contributed by atoms with van der Waals surface area (Å²) in [6, 6.07) is 10.9. The molecule has 0 aliphatic carbocycles. The minimum atomic E-state index is -0.0771. The van der Waals surface area contributed by atoms with E-state index in [-0.39, 0.29) is 35.9 Å². The van der Waals surface area contributed by atoms with Crippen LogP contribution in [-0.4, -0.2) is 75.2 Å². The Labute approximate surface area is 211 Å². The number of nitrogens with one attached hydrogen (secondary N) is 1. The molecule has 1 aromatic rings. The van der Waals surface area contributed by atoms with Crippen molar-refractivity contribution in [3.63, 3.8) is 0 Å². The highest BCUT2D eigenvalue weighted by molar-refractivity contribution is 14.0. The van der Waals surface area contributed by atoms with Crippen molar-refractivity contribution in [2.75, 3.05) is 53.4 Å². The van der Waals surface area contributed by atoms with E-state index < -0.39 is 0 Å². The fourth-order valence-electron chi connectivity index (χ4n) is 4.85. The van der Waals surface area contributed by atoms with Gasteiger partial charge in [0.05, 0.1) is 13.0 Å². The van der Waals surface area contributed by atoms with Crippen LogP contribution in [-0.2, 0) is 16.0 Å². The van der Waals surface area contributed by atoms with Crippen molar-refractivity contribution in [2.24, 2.45) is 16.8 Å². The minimum Gasteiger partial charge on any atom is -0.469 e. The molecule has 0 atom stereocenters. The van der Waals surface area contributed by atoms with E-state index in [0.717, 1.165) is 50.8 Å². The van der Waals surface area contributed by atoms with E-state index in [4.69, 9.17) is 4.74 Å². The molecule has 1 N–H and O–H groups in total. The monoisotopic (exact) mass is 556 g/mol. The van der Waals surface area contributed by atoms with E-state index in [2.05, 4.69) is 50.4 Å². The van der Waals surface area contributed by atoms with Gasteiger partial charge in [-0.1, -0.05) is 30.3 Å². The number of unbranched alkanes of at least 4 members (excludes halogenated alkanes) is 1. The number of carbonyl (C=O) groups is 1. The summed E-state index contributed by atoms with van der Waals surface area (Å²) in [5, 5.41) is 3.51. The average molecular weight is 557 g/mol. The molecule has 0 bridgehead atoms. The maximum atomic E-state index is 11.7. The number of nitrogens with zero attached hydrogens (tertiary/aromatic N) is 3. The standard InChI is InChI=1S/C25H40N4O2.HI/c1-26-25(29-18-12-23(13-19-29)24(30)31-2)27-14-6-7-15-28-16-10-22(11-17-28)20-21-8-4-3-5-9-21;/h3-5,8-9,22-23H,6-7,10-20H2,1-2H3,(H,26,27);1H. The predicted octanol–water partition coefficient (Wildman–Crippen LogP) is 3.80. The molecule has 32 heavy (non-hydrogen) atoms. The number of hydrogen-bond acceptors (Lipinski definition) is 4. The van der Waals surface area contributed by atoms with Crippen LogP contribution < -0.4 is 5.32 Å². The first kappa shape index (κ1) is 26.9. The molecule has 0 amide bonds. The van der Waals surface area contributed by atoms with E-state index in [0.29, 0.717) is 0 Å². The van der Waals surface area contributed by atoms with Gasteiger partial charge >= 0.3 is 5.97 Å². The van der Waals surface area contributed by atoms with Crippen molar-refractivity contribution in [2.45, 2.75) is 44.9 Å². The second kappa shape index (κ2) is 14.7. The number of piperidine rings is 2. The van der Waals surface area contributed by atoms with Crippen LogP contribution in [0.1, 0.15) is 44.1 Å². The molecular formula is C25H41IN4O2. The van der Waals surface area contributed by atoms with Crippen molar-refractivity contribution in [1.29, 1.82) is 0 Å². The first-order chi connectivity index (χ1) is 15.2. The summed E-state index contributed by atoms with van der Waals surface area (Å²) in [4.78, 5) is 21.0. The van der Waals surface area contributed by atoms with Gasteiger partial charge in [0.1, 0.15) is 0 Å². The first-order valence-corrected chi connectivity index (χ1v) is 12.0.